The van der Waals surface area contributed by atoms with Crippen LogP contribution in [0.4, 0.5) is 27.8 Å². The first-order chi connectivity index (χ1) is 23.0. The number of piperazine rings is 1. The Labute approximate surface area is 271 Å². The van der Waals surface area contributed by atoms with Gasteiger partial charge in [-0.3, -0.25) is 14.3 Å². The van der Waals surface area contributed by atoms with Gasteiger partial charge in [-0.05, 0) is 49.3 Å². The number of alkyl halides is 3. The molecule has 254 valence electrons. The van der Waals surface area contributed by atoms with Crippen LogP contribution in [0.15, 0.2) is 35.1 Å². The summed E-state index contributed by atoms with van der Waals surface area (Å²) in [7, 11) is 0. The van der Waals surface area contributed by atoms with Crippen molar-refractivity contribution in [3.05, 3.63) is 58.0 Å². The van der Waals surface area contributed by atoms with E-state index in [0.29, 0.717) is 26.3 Å². The lowest BCUT2D eigenvalue weighted by Crippen LogP contribution is -2.51. The maximum Gasteiger partial charge on any atom is 0.431 e. The predicted octanol–water partition coefficient (Wildman–Crippen LogP) is 4.37. The second kappa shape index (κ2) is 11.5. The van der Waals surface area contributed by atoms with Crippen LogP contribution in [0.5, 0.6) is 11.8 Å². The van der Waals surface area contributed by atoms with Gasteiger partial charge in [0.15, 0.2) is 11.6 Å². The molecule has 2 aromatic carbocycles. The van der Waals surface area contributed by atoms with E-state index in [1.807, 2.05) is 4.90 Å². The van der Waals surface area contributed by atoms with Gasteiger partial charge in [-0.15, -0.1) is 0 Å². The number of pyridine rings is 1. The topological polar surface area (TPSA) is 105 Å². The normalized spacial score (nSPS) is 22.5. The first-order valence-electron chi connectivity index (χ1n) is 16.1. The molecule has 10 nitrogen and oxygen atoms in total. The van der Waals surface area contributed by atoms with Crippen LogP contribution in [-0.4, -0.2) is 89.2 Å². The third kappa shape index (κ3) is 5.60. The van der Waals surface area contributed by atoms with E-state index in [2.05, 4.69) is 20.2 Å². The molecule has 2 aromatic heterocycles. The van der Waals surface area contributed by atoms with Crippen LogP contribution >= 0.6 is 0 Å². The molecule has 4 fully saturated rings. The Balaban J connectivity index is 1.30. The van der Waals surface area contributed by atoms with E-state index in [4.69, 9.17) is 9.47 Å². The fourth-order valence-corrected chi connectivity index (χ4v) is 7.39. The van der Waals surface area contributed by atoms with E-state index in [9.17, 15) is 27.5 Å². The average molecular weight is 673 g/mol. The van der Waals surface area contributed by atoms with Crippen molar-refractivity contribution in [2.24, 2.45) is 5.41 Å². The summed E-state index contributed by atoms with van der Waals surface area (Å²) in [5.41, 5.74) is -3.88. The molecule has 0 spiro atoms. The maximum atomic E-state index is 15.3. The molecule has 5 heterocycles. The SMILES string of the molecule is O=c1c2nc(OCC3(CN4CCOCC4)CC3)nc(N3C[C@H]4CC[C@@H](C3)N4)c2cc(C(F)(F)F)n1-c1cc(O)cc2ccc(F)c(F)c12. The maximum absolute atomic E-state index is 15.3. The number of fused-ring (bicyclic) bond motifs is 4. The fraction of sp³-hybridized carbons (Fsp3) is 0.485. The molecule has 48 heavy (non-hydrogen) atoms. The molecule has 4 aliphatic rings. The number of benzene rings is 2. The van der Waals surface area contributed by atoms with Crippen LogP contribution in [0.2, 0.25) is 0 Å². The van der Waals surface area contributed by atoms with Gasteiger partial charge in [-0.25, -0.2) is 8.78 Å². The van der Waals surface area contributed by atoms with Crippen molar-refractivity contribution in [3.8, 4) is 17.4 Å². The Hall–Kier alpha value is -4.08. The highest BCUT2D eigenvalue weighted by Gasteiger charge is 2.45. The molecule has 0 radical (unpaired) electrons. The van der Waals surface area contributed by atoms with E-state index in [-0.39, 0.29) is 56.8 Å². The third-order valence-electron chi connectivity index (χ3n) is 9.98. The largest absolute Gasteiger partial charge is 0.508 e. The number of ether oxygens (including phenoxy) is 2. The smallest absolute Gasteiger partial charge is 0.431 e. The highest BCUT2D eigenvalue weighted by molar-refractivity contribution is 5.94. The molecular weight excluding hydrogens is 639 g/mol. The summed E-state index contributed by atoms with van der Waals surface area (Å²) in [6, 6.07) is 4.61. The van der Waals surface area contributed by atoms with Gasteiger partial charge in [0.05, 0.1) is 30.9 Å². The molecule has 0 unspecified atom stereocenters. The molecule has 2 bridgehead atoms. The summed E-state index contributed by atoms with van der Waals surface area (Å²) >= 11 is 0. The highest BCUT2D eigenvalue weighted by atomic mass is 19.4. The monoisotopic (exact) mass is 672 g/mol. The Bertz CT molecular complexity index is 1970. The lowest BCUT2D eigenvalue weighted by Gasteiger charge is -2.34. The van der Waals surface area contributed by atoms with Gasteiger partial charge in [0.1, 0.15) is 22.8 Å². The Morgan fingerprint density at radius 3 is 2.46 bits per heavy atom. The summed E-state index contributed by atoms with van der Waals surface area (Å²) in [4.78, 5) is 27.5. The zero-order chi connectivity index (χ0) is 33.4. The molecule has 3 saturated heterocycles. The summed E-state index contributed by atoms with van der Waals surface area (Å²) in [5.74, 6) is -3.18. The number of nitrogens with zero attached hydrogens (tertiary/aromatic N) is 5. The van der Waals surface area contributed by atoms with Gasteiger partial charge < -0.3 is 24.8 Å². The predicted molar refractivity (Wildman–Crippen MR) is 166 cm³/mol. The number of anilines is 1. The van der Waals surface area contributed by atoms with Crippen LogP contribution < -0.4 is 20.5 Å². The van der Waals surface area contributed by atoms with Gasteiger partial charge in [-0.1, -0.05) is 6.07 Å². The number of aromatic hydroxyl groups is 1. The summed E-state index contributed by atoms with van der Waals surface area (Å²) in [5, 5.41) is 13.1. The van der Waals surface area contributed by atoms with Gasteiger partial charge in [0.2, 0.25) is 0 Å². The van der Waals surface area contributed by atoms with Gasteiger partial charge in [-0.2, -0.15) is 23.1 Å². The third-order valence-corrected chi connectivity index (χ3v) is 9.98. The van der Waals surface area contributed by atoms with Gasteiger partial charge in [0.25, 0.3) is 5.56 Å². The number of rotatable bonds is 7. The Kier molecular flexibility index (Phi) is 7.49. The molecule has 4 aromatic rings. The minimum Gasteiger partial charge on any atom is -0.508 e. The first kappa shape index (κ1) is 31.2. The minimum absolute atomic E-state index is 0.0947. The van der Waals surface area contributed by atoms with Crippen LogP contribution in [0.25, 0.3) is 27.4 Å². The van der Waals surface area contributed by atoms with E-state index in [0.717, 1.165) is 75.6 Å². The second-order valence-corrected chi connectivity index (χ2v) is 13.4. The van der Waals surface area contributed by atoms with Crippen LogP contribution in [0, 0.1) is 17.0 Å². The number of nitrogens with one attached hydrogen (secondary N) is 1. The van der Waals surface area contributed by atoms with Crippen molar-refractivity contribution in [2.75, 3.05) is 57.4 Å². The summed E-state index contributed by atoms with van der Waals surface area (Å²) in [6.07, 6.45) is -1.50. The first-order valence-corrected chi connectivity index (χ1v) is 16.1. The van der Waals surface area contributed by atoms with Crippen molar-refractivity contribution in [1.82, 2.24) is 24.8 Å². The minimum atomic E-state index is -5.12. The van der Waals surface area contributed by atoms with Crippen molar-refractivity contribution in [1.29, 1.82) is 0 Å². The van der Waals surface area contributed by atoms with E-state index >= 15 is 4.39 Å². The number of hydrogen-bond donors (Lipinski definition) is 2. The molecule has 3 aliphatic heterocycles. The van der Waals surface area contributed by atoms with Crippen molar-refractivity contribution in [3.63, 3.8) is 0 Å². The number of hydrogen-bond acceptors (Lipinski definition) is 9. The van der Waals surface area contributed by atoms with Crippen LogP contribution in [-0.2, 0) is 10.9 Å². The summed E-state index contributed by atoms with van der Waals surface area (Å²) < 4.78 is 86.2. The molecule has 15 heteroatoms. The Morgan fingerprint density at radius 2 is 1.77 bits per heavy atom. The standard InChI is InChI=1S/C33H33F5N6O4/c34-23-4-1-18-11-21(45)12-24(26(18)27(23)35)44-25(33(36,37)38)13-22-28(30(44)46)40-31(41-29(22)43-14-19-2-3-20(15-43)39-19)48-17-32(5-6-32)16-42-7-9-47-10-8-42/h1,4,11-13,19-20,39,45H,2-3,5-10,14-17H2/t19-,20+. The van der Waals surface area contributed by atoms with Gasteiger partial charge >= 0.3 is 12.2 Å². The second-order valence-electron chi connectivity index (χ2n) is 13.4. The van der Waals surface area contributed by atoms with Crippen molar-refractivity contribution in [2.45, 2.75) is 43.9 Å². The molecule has 1 aliphatic carbocycles. The number of morpholine rings is 1. The quantitative estimate of drug-likeness (QED) is 0.277. The van der Waals surface area contributed by atoms with E-state index in [1.165, 1.54) is 0 Å². The van der Waals surface area contributed by atoms with Crippen LogP contribution in [0.3, 0.4) is 0 Å². The van der Waals surface area contributed by atoms with E-state index < -0.39 is 45.9 Å². The molecule has 2 N–H and O–H groups in total. The average Bonchev–Trinajstić information content (AvgIpc) is 3.74. The van der Waals surface area contributed by atoms with E-state index in [1.54, 1.807) is 0 Å². The molecule has 8 rings (SSSR count). The van der Waals surface area contributed by atoms with Crippen molar-refractivity contribution >= 4 is 27.5 Å². The number of phenolic OH excluding ortho intramolecular Hbond substituents is 1. The zero-order valence-corrected chi connectivity index (χ0v) is 25.8. The van der Waals surface area contributed by atoms with Crippen molar-refractivity contribution < 1.29 is 36.5 Å². The molecule has 0 amide bonds. The fourth-order valence-electron chi connectivity index (χ4n) is 7.39. The molecule has 2 atom stereocenters. The lowest BCUT2D eigenvalue weighted by atomic mass is 10.1. The Morgan fingerprint density at radius 1 is 1.04 bits per heavy atom. The number of halogens is 5. The highest BCUT2D eigenvalue weighted by Crippen LogP contribution is 2.47. The summed E-state index contributed by atoms with van der Waals surface area (Å²) in [6.45, 7) is 4.85. The van der Waals surface area contributed by atoms with Crippen LogP contribution in [0.1, 0.15) is 31.4 Å². The number of phenols is 1. The zero-order valence-electron chi connectivity index (χ0n) is 25.8. The number of aromatic nitrogens is 3. The molecular formula is C33H33F5N6O4. The lowest BCUT2D eigenvalue weighted by molar-refractivity contribution is -0.142. The van der Waals surface area contributed by atoms with Gasteiger partial charge in [0, 0.05) is 61.7 Å². The molecule has 1 saturated carbocycles.